The van der Waals surface area contributed by atoms with Crippen LogP contribution < -0.4 is 10.1 Å². The number of amides is 1. The summed E-state index contributed by atoms with van der Waals surface area (Å²) in [5, 5.41) is 11.4. The summed E-state index contributed by atoms with van der Waals surface area (Å²) in [6, 6.07) is 2.14. The Labute approximate surface area is 118 Å². The Hall–Kier alpha value is -2.11. The second kappa shape index (κ2) is 7.47. The summed E-state index contributed by atoms with van der Waals surface area (Å²) in [6.07, 6.45) is 2.62. The fraction of sp³-hybridized carbons (Fsp3) is 0.500. The Morgan fingerprint density at radius 3 is 2.65 bits per heavy atom. The van der Waals surface area contributed by atoms with Crippen molar-refractivity contribution in [3.05, 3.63) is 23.9 Å². The summed E-state index contributed by atoms with van der Waals surface area (Å²) in [4.78, 5) is 26.9. The third kappa shape index (κ3) is 4.53. The first-order chi connectivity index (χ1) is 9.47. The number of carboxylic acids is 1. The highest BCUT2D eigenvalue weighted by atomic mass is 16.5. The minimum atomic E-state index is -1.05. The smallest absolute Gasteiger partial charge is 0.326 e. The molecule has 1 aromatic heterocycles. The Kier molecular flexibility index (Phi) is 5.96. The van der Waals surface area contributed by atoms with Gasteiger partial charge in [0.2, 0.25) is 5.88 Å². The number of hydrogen-bond donors (Lipinski definition) is 2. The van der Waals surface area contributed by atoms with Crippen LogP contribution in [0.3, 0.4) is 0 Å². The number of carboxylic acid groups (broad SMARTS) is 1. The summed E-state index contributed by atoms with van der Waals surface area (Å²) in [5.74, 6) is -1.14. The summed E-state index contributed by atoms with van der Waals surface area (Å²) in [5.41, 5.74) is 0.331. The molecule has 0 saturated carbocycles. The number of rotatable bonds is 7. The lowest BCUT2D eigenvalue weighted by molar-refractivity contribution is -0.139. The average molecular weight is 280 g/mol. The molecular weight excluding hydrogens is 260 g/mol. The average Bonchev–Trinajstić information content (AvgIpc) is 2.44. The van der Waals surface area contributed by atoms with E-state index < -0.39 is 17.9 Å². The second-order valence-electron chi connectivity index (χ2n) is 4.49. The molecule has 0 fully saturated rings. The van der Waals surface area contributed by atoms with Crippen molar-refractivity contribution in [1.29, 1.82) is 0 Å². The SMILES string of the molecule is CCC(C)Oc1cc(C(=O)NC(CC)C(=O)O)ccn1. The van der Waals surface area contributed by atoms with Crippen LogP contribution in [0, 0.1) is 0 Å². The van der Waals surface area contributed by atoms with Gasteiger partial charge in [0.15, 0.2) is 0 Å². The fourth-order valence-electron chi connectivity index (χ4n) is 1.48. The van der Waals surface area contributed by atoms with E-state index in [9.17, 15) is 9.59 Å². The summed E-state index contributed by atoms with van der Waals surface area (Å²) in [7, 11) is 0. The quantitative estimate of drug-likeness (QED) is 0.795. The molecule has 0 bridgehead atoms. The maximum Gasteiger partial charge on any atom is 0.326 e. The van der Waals surface area contributed by atoms with Crippen LogP contribution in [0.2, 0.25) is 0 Å². The molecule has 6 heteroatoms. The first-order valence-corrected chi connectivity index (χ1v) is 6.64. The van der Waals surface area contributed by atoms with Crippen LogP contribution in [0.25, 0.3) is 0 Å². The zero-order valence-electron chi connectivity index (χ0n) is 11.9. The van der Waals surface area contributed by atoms with Gasteiger partial charge in [0.25, 0.3) is 5.91 Å². The zero-order chi connectivity index (χ0) is 15.1. The first-order valence-electron chi connectivity index (χ1n) is 6.64. The normalized spacial score (nSPS) is 13.3. The lowest BCUT2D eigenvalue weighted by atomic mass is 10.2. The molecule has 2 unspecified atom stereocenters. The molecule has 1 heterocycles. The number of hydrogen-bond acceptors (Lipinski definition) is 4. The molecule has 110 valence electrons. The van der Waals surface area contributed by atoms with Crippen LogP contribution in [0.1, 0.15) is 44.0 Å². The van der Waals surface area contributed by atoms with Gasteiger partial charge in [-0.3, -0.25) is 4.79 Å². The molecule has 1 aromatic rings. The van der Waals surface area contributed by atoms with Gasteiger partial charge >= 0.3 is 5.97 Å². The van der Waals surface area contributed by atoms with Gasteiger partial charge in [-0.05, 0) is 25.8 Å². The molecule has 2 N–H and O–H groups in total. The molecule has 6 nitrogen and oxygen atoms in total. The number of carbonyl (C=O) groups excluding carboxylic acids is 1. The molecule has 0 aliphatic carbocycles. The Morgan fingerprint density at radius 1 is 1.40 bits per heavy atom. The van der Waals surface area contributed by atoms with Crippen molar-refractivity contribution >= 4 is 11.9 Å². The van der Waals surface area contributed by atoms with E-state index in [4.69, 9.17) is 9.84 Å². The van der Waals surface area contributed by atoms with Gasteiger partial charge in [-0.2, -0.15) is 0 Å². The molecule has 0 aliphatic rings. The molecule has 0 aromatic carbocycles. The number of aliphatic carboxylic acids is 1. The van der Waals surface area contributed by atoms with Gasteiger partial charge in [0, 0.05) is 17.8 Å². The fourth-order valence-corrected chi connectivity index (χ4v) is 1.48. The van der Waals surface area contributed by atoms with Crippen molar-refractivity contribution in [3.63, 3.8) is 0 Å². The minimum Gasteiger partial charge on any atom is -0.480 e. The second-order valence-corrected chi connectivity index (χ2v) is 4.49. The van der Waals surface area contributed by atoms with Crippen LogP contribution >= 0.6 is 0 Å². The molecule has 0 spiro atoms. The van der Waals surface area contributed by atoms with Crippen molar-refractivity contribution in [1.82, 2.24) is 10.3 Å². The maximum atomic E-state index is 12.0. The van der Waals surface area contributed by atoms with E-state index in [1.165, 1.54) is 18.3 Å². The zero-order valence-corrected chi connectivity index (χ0v) is 11.9. The number of pyridine rings is 1. The maximum absolute atomic E-state index is 12.0. The van der Waals surface area contributed by atoms with E-state index >= 15 is 0 Å². The van der Waals surface area contributed by atoms with Crippen molar-refractivity contribution < 1.29 is 19.4 Å². The van der Waals surface area contributed by atoms with Crippen molar-refractivity contribution in [3.8, 4) is 5.88 Å². The summed E-state index contributed by atoms with van der Waals surface area (Å²) in [6.45, 7) is 5.59. The summed E-state index contributed by atoms with van der Waals surface area (Å²) < 4.78 is 5.53. The largest absolute Gasteiger partial charge is 0.480 e. The van der Waals surface area contributed by atoms with Crippen molar-refractivity contribution in [2.75, 3.05) is 0 Å². The van der Waals surface area contributed by atoms with Gasteiger partial charge in [0.1, 0.15) is 6.04 Å². The molecule has 1 rings (SSSR count). The molecule has 0 saturated heterocycles. The summed E-state index contributed by atoms with van der Waals surface area (Å²) >= 11 is 0. The van der Waals surface area contributed by atoms with Crippen LogP contribution in [0.4, 0.5) is 0 Å². The number of ether oxygens (including phenoxy) is 1. The van der Waals surface area contributed by atoms with Crippen LogP contribution in [0.15, 0.2) is 18.3 Å². The van der Waals surface area contributed by atoms with Gasteiger partial charge in [-0.25, -0.2) is 9.78 Å². The molecule has 20 heavy (non-hydrogen) atoms. The third-order valence-electron chi connectivity index (χ3n) is 2.91. The monoisotopic (exact) mass is 280 g/mol. The van der Waals surface area contributed by atoms with Gasteiger partial charge in [-0.15, -0.1) is 0 Å². The van der Waals surface area contributed by atoms with Gasteiger partial charge in [-0.1, -0.05) is 13.8 Å². The van der Waals surface area contributed by atoms with E-state index in [1.807, 2.05) is 13.8 Å². The van der Waals surface area contributed by atoms with E-state index in [0.29, 0.717) is 17.9 Å². The van der Waals surface area contributed by atoms with E-state index in [2.05, 4.69) is 10.3 Å². The first kappa shape index (κ1) is 15.9. The highest BCUT2D eigenvalue weighted by molar-refractivity contribution is 5.96. The molecular formula is C14H20N2O4. The Morgan fingerprint density at radius 2 is 2.10 bits per heavy atom. The topological polar surface area (TPSA) is 88.5 Å². The molecule has 2 atom stereocenters. The van der Waals surface area contributed by atoms with Crippen molar-refractivity contribution in [2.45, 2.75) is 45.8 Å². The van der Waals surface area contributed by atoms with E-state index in [-0.39, 0.29) is 6.10 Å². The molecule has 1 amide bonds. The highest BCUT2D eigenvalue weighted by Crippen LogP contribution is 2.12. The number of carbonyl (C=O) groups is 2. The number of nitrogens with zero attached hydrogens (tertiary/aromatic N) is 1. The predicted molar refractivity (Wildman–Crippen MR) is 73.8 cm³/mol. The van der Waals surface area contributed by atoms with E-state index in [0.717, 1.165) is 6.42 Å². The van der Waals surface area contributed by atoms with Crippen LogP contribution in [-0.4, -0.2) is 34.1 Å². The van der Waals surface area contributed by atoms with Crippen molar-refractivity contribution in [2.24, 2.45) is 0 Å². The van der Waals surface area contributed by atoms with Gasteiger partial charge in [0.05, 0.1) is 6.10 Å². The van der Waals surface area contributed by atoms with Crippen LogP contribution in [-0.2, 0) is 4.79 Å². The Balaban J connectivity index is 2.78. The van der Waals surface area contributed by atoms with Crippen LogP contribution in [0.5, 0.6) is 5.88 Å². The van der Waals surface area contributed by atoms with E-state index in [1.54, 1.807) is 6.92 Å². The number of nitrogens with one attached hydrogen (secondary N) is 1. The lowest BCUT2D eigenvalue weighted by Crippen LogP contribution is -2.40. The van der Waals surface area contributed by atoms with Gasteiger partial charge < -0.3 is 15.2 Å². The minimum absolute atomic E-state index is 0.00298. The molecule has 0 aliphatic heterocycles. The Bertz CT molecular complexity index is 476. The standard InChI is InChI=1S/C14H20N2O4/c1-4-9(3)20-12-8-10(6-7-15-12)13(17)16-11(5-2)14(18)19/h6-9,11H,4-5H2,1-3H3,(H,16,17)(H,18,19). The lowest BCUT2D eigenvalue weighted by Gasteiger charge is -2.14. The third-order valence-corrected chi connectivity index (χ3v) is 2.91. The predicted octanol–water partition coefficient (Wildman–Crippen LogP) is 1.85. The number of aromatic nitrogens is 1. The highest BCUT2D eigenvalue weighted by Gasteiger charge is 2.19. The molecule has 0 radical (unpaired) electrons.